The van der Waals surface area contributed by atoms with Crippen molar-refractivity contribution < 1.29 is 31.8 Å². The Labute approximate surface area is 196 Å². The van der Waals surface area contributed by atoms with Gasteiger partial charge < -0.3 is 25.0 Å². The topological polar surface area (TPSA) is 68.0 Å². The zero-order chi connectivity index (χ0) is 25.3. The second-order valence-electron chi connectivity index (χ2n) is 9.26. The molecule has 1 aliphatic heterocycles. The third-order valence-corrected chi connectivity index (χ3v) is 5.37. The molecule has 2 aromatic rings. The summed E-state index contributed by atoms with van der Waals surface area (Å²) in [6.07, 6.45) is -4.22. The number of nitrogens with zero attached hydrogens (tertiary/aromatic N) is 2. The molecule has 1 atom stereocenters. The number of alkyl halides is 3. The highest BCUT2D eigenvalue weighted by Crippen LogP contribution is 2.48. The standard InChI is InChI=1S/C24H29F4N3O3/c1-23(2,3)34-22(32)30(4)14-15-8-7-13-31(15)21-17(29)11-12-19(20(21)24(26,27)28)33-18-10-6-5-9-16(18)25/h5-6,9-12,15H,7-8,13-14,29H2,1-4H3/t15-/m1/s1. The summed E-state index contributed by atoms with van der Waals surface area (Å²) >= 11 is 0. The van der Waals surface area contributed by atoms with E-state index in [-0.39, 0.29) is 23.7 Å². The number of hydrogen-bond donors (Lipinski definition) is 1. The highest BCUT2D eigenvalue weighted by atomic mass is 19.4. The molecule has 3 rings (SSSR count). The van der Waals surface area contributed by atoms with E-state index in [1.807, 2.05) is 0 Å². The fourth-order valence-corrected chi connectivity index (χ4v) is 3.95. The molecule has 0 spiro atoms. The van der Waals surface area contributed by atoms with Gasteiger partial charge in [0.2, 0.25) is 0 Å². The number of nitrogens with two attached hydrogens (primary N) is 1. The molecule has 0 unspecified atom stereocenters. The third-order valence-electron chi connectivity index (χ3n) is 5.37. The molecular weight excluding hydrogens is 454 g/mol. The lowest BCUT2D eigenvalue weighted by molar-refractivity contribution is -0.138. The largest absolute Gasteiger partial charge is 0.454 e. The summed E-state index contributed by atoms with van der Waals surface area (Å²) in [6.45, 7) is 5.65. The van der Waals surface area contributed by atoms with Crippen LogP contribution in [0.2, 0.25) is 0 Å². The fraction of sp³-hybridized carbons (Fsp3) is 0.458. The first-order valence-corrected chi connectivity index (χ1v) is 10.9. The van der Waals surface area contributed by atoms with Crippen LogP contribution in [0.3, 0.4) is 0 Å². The van der Waals surface area contributed by atoms with Crippen molar-refractivity contribution in [3.63, 3.8) is 0 Å². The van der Waals surface area contributed by atoms with E-state index in [1.54, 1.807) is 25.7 Å². The van der Waals surface area contributed by atoms with E-state index in [2.05, 4.69) is 0 Å². The van der Waals surface area contributed by atoms with Crippen LogP contribution < -0.4 is 15.4 Å². The minimum Gasteiger partial charge on any atom is -0.454 e. The molecule has 1 fully saturated rings. The van der Waals surface area contributed by atoms with E-state index in [0.29, 0.717) is 19.4 Å². The average molecular weight is 484 g/mol. The number of amides is 1. The number of anilines is 2. The van der Waals surface area contributed by atoms with Crippen molar-refractivity contribution in [2.24, 2.45) is 0 Å². The smallest absolute Gasteiger partial charge is 0.422 e. The number of carbonyl (C=O) groups is 1. The molecule has 0 bridgehead atoms. The monoisotopic (exact) mass is 483 g/mol. The van der Waals surface area contributed by atoms with Gasteiger partial charge >= 0.3 is 12.3 Å². The van der Waals surface area contributed by atoms with Crippen LogP contribution in [0.25, 0.3) is 0 Å². The summed E-state index contributed by atoms with van der Waals surface area (Å²) in [5.41, 5.74) is 3.95. The maximum Gasteiger partial charge on any atom is 0.422 e. The number of likely N-dealkylation sites (N-methyl/N-ethyl adjacent to an activating group) is 1. The first-order chi connectivity index (χ1) is 15.8. The first kappa shape index (κ1) is 25.5. The van der Waals surface area contributed by atoms with Gasteiger partial charge in [-0.3, -0.25) is 0 Å². The quantitative estimate of drug-likeness (QED) is 0.414. The van der Waals surface area contributed by atoms with Crippen molar-refractivity contribution in [1.82, 2.24) is 4.90 Å². The molecule has 2 aromatic carbocycles. The molecule has 10 heteroatoms. The molecule has 1 amide bonds. The zero-order valence-electron chi connectivity index (χ0n) is 19.6. The van der Waals surface area contributed by atoms with Gasteiger partial charge in [-0.15, -0.1) is 0 Å². The van der Waals surface area contributed by atoms with E-state index in [9.17, 15) is 22.4 Å². The number of ether oxygens (including phenoxy) is 2. The molecule has 0 aromatic heterocycles. The normalized spacial score (nSPS) is 16.5. The van der Waals surface area contributed by atoms with Crippen LogP contribution >= 0.6 is 0 Å². The molecule has 186 valence electrons. The molecule has 0 saturated carbocycles. The number of benzene rings is 2. The molecule has 1 heterocycles. The Morgan fingerprint density at radius 3 is 2.44 bits per heavy atom. The number of rotatable bonds is 5. The third kappa shape index (κ3) is 5.84. The fourth-order valence-electron chi connectivity index (χ4n) is 3.95. The van der Waals surface area contributed by atoms with E-state index in [4.69, 9.17) is 15.2 Å². The summed E-state index contributed by atoms with van der Waals surface area (Å²) in [5.74, 6) is -1.66. The second kappa shape index (κ2) is 9.60. The van der Waals surface area contributed by atoms with Crippen molar-refractivity contribution in [3.05, 3.63) is 47.8 Å². The Hall–Kier alpha value is -3.17. The number of nitrogen functional groups attached to an aromatic ring is 1. The van der Waals surface area contributed by atoms with Crippen LogP contribution in [0.4, 0.5) is 33.7 Å². The van der Waals surface area contributed by atoms with E-state index in [1.165, 1.54) is 36.2 Å². The van der Waals surface area contributed by atoms with Crippen LogP contribution in [0.1, 0.15) is 39.2 Å². The van der Waals surface area contributed by atoms with Crippen LogP contribution in [-0.4, -0.2) is 42.8 Å². The van der Waals surface area contributed by atoms with Crippen molar-refractivity contribution in [2.45, 2.75) is 51.4 Å². The Bertz CT molecular complexity index is 1040. The highest BCUT2D eigenvalue weighted by Gasteiger charge is 2.42. The lowest BCUT2D eigenvalue weighted by atomic mass is 10.1. The van der Waals surface area contributed by atoms with Gasteiger partial charge in [0.1, 0.15) is 16.9 Å². The SMILES string of the molecule is CN(C[C@H]1CCCN1c1c(N)ccc(Oc2ccccc2F)c1C(F)(F)F)C(=O)OC(C)(C)C. The molecule has 6 nitrogen and oxygen atoms in total. The van der Waals surface area contributed by atoms with Crippen LogP contribution in [0, 0.1) is 5.82 Å². The van der Waals surface area contributed by atoms with Crippen molar-refractivity contribution in [1.29, 1.82) is 0 Å². The molecule has 0 radical (unpaired) electrons. The molecule has 2 N–H and O–H groups in total. The van der Waals surface area contributed by atoms with Gasteiger partial charge in [-0.05, 0) is 57.9 Å². The first-order valence-electron chi connectivity index (χ1n) is 10.9. The van der Waals surface area contributed by atoms with Crippen molar-refractivity contribution in [3.8, 4) is 11.5 Å². The van der Waals surface area contributed by atoms with E-state index >= 15 is 0 Å². The molecule has 0 aliphatic carbocycles. The van der Waals surface area contributed by atoms with Gasteiger partial charge in [0.15, 0.2) is 11.6 Å². The molecule has 1 saturated heterocycles. The molecular formula is C24H29F4N3O3. The number of para-hydroxylation sites is 1. The maximum absolute atomic E-state index is 14.3. The van der Waals surface area contributed by atoms with Gasteiger partial charge in [-0.25, -0.2) is 9.18 Å². The average Bonchev–Trinajstić information content (AvgIpc) is 3.16. The van der Waals surface area contributed by atoms with Crippen LogP contribution in [0.5, 0.6) is 11.5 Å². The Morgan fingerprint density at radius 2 is 1.82 bits per heavy atom. The van der Waals surface area contributed by atoms with Gasteiger partial charge in [-0.2, -0.15) is 13.2 Å². The van der Waals surface area contributed by atoms with Crippen LogP contribution in [0.15, 0.2) is 36.4 Å². The summed E-state index contributed by atoms with van der Waals surface area (Å²) in [5, 5.41) is 0. The maximum atomic E-state index is 14.3. The minimum absolute atomic E-state index is 0.0833. The highest BCUT2D eigenvalue weighted by molar-refractivity contribution is 5.77. The van der Waals surface area contributed by atoms with Gasteiger partial charge in [0.25, 0.3) is 0 Å². The van der Waals surface area contributed by atoms with Crippen molar-refractivity contribution >= 4 is 17.5 Å². The summed E-state index contributed by atoms with van der Waals surface area (Å²) < 4.78 is 67.7. The summed E-state index contributed by atoms with van der Waals surface area (Å²) in [6, 6.07) is 7.21. The number of carbonyl (C=O) groups excluding carboxylic acids is 1. The number of halogens is 4. The Kier molecular flexibility index (Phi) is 7.18. The van der Waals surface area contributed by atoms with Gasteiger partial charge in [0.05, 0.1) is 11.4 Å². The predicted molar refractivity (Wildman–Crippen MR) is 122 cm³/mol. The second-order valence-corrected chi connectivity index (χ2v) is 9.26. The van der Waals surface area contributed by atoms with E-state index in [0.717, 1.165) is 12.1 Å². The minimum atomic E-state index is -4.82. The Balaban J connectivity index is 1.97. The summed E-state index contributed by atoms with van der Waals surface area (Å²) in [7, 11) is 1.54. The lowest BCUT2D eigenvalue weighted by Gasteiger charge is -2.34. The van der Waals surface area contributed by atoms with Crippen molar-refractivity contribution in [2.75, 3.05) is 30.8 Å². The Morgan fingerprint density at radius 1 is 1.15 bits per heavy atom. The summed E-state index contributed by atoms with van der Waals surface area (Å²) in [4.78, 5) is 15.3. The number of hydrogen-bond acceptors (Lipinski definition) is 5. The van der Waals surface area contributed by atoms with Gasteiger partial charge in [0, 0.05) is 26.2 Å². The molecule has 34 heavy (non-hydrogen) atoms. The zero-order valence-corrected chi connectivity index (χ0v) is 19.6. The van der Waals surface area contributed by atoms with E-state index < -0.39 is 41.0 Å². The molecule has 1 aliphatic rings. The van der Waals surface area contributed by atoms with Crippen LogP contribution in [-0.2, 0) is 10.9 Å². The predicted octanol–water partition coefficient (Wildman–Crippen LogP) is 6.05. The van der Waals surface area contributed by atoms with Gasteiger partial charge in [-0.1, -0.05) is 12.1 Å². The lowest BCUT2D eigenvalue weighted by Crippen LogP contribution is -2.43.